The zero-order valence-electron chi connectivity index (χ0n) is 15.4. The van der Waals surface area contributed by atoms with Gasteiger partial charge in [-0.25, -0.2) is 4.79 Å². The molecule has 1 saturated heterocycles. The molecule has 1 N–H and O–H groups in total. The largest absolute Gasteiger partial charge is 0.378 e. The van der Waals surface area contributed by atoms with Crippen molar-refractivity contribution in [1.29, 1.82) is 0 Å². The van der Waals surface area contributed by atoms with Gasteiger partial charge in [-0.1, -0.05) is 18.2 Å². The number of anilines is 1. The summed E-state index contributed by atoms with van der Waals surface area (Å²) in [6, 6.07) is 10.6. The molecule has 6 nitrogen and oxygen atoms in total. The second-order valence-electron chi connectivity index (χ2n) is 6.62. The van der Waals surface area contributed by atoms with Crippen molar-refractivity contribution in [2.24, 2.45) is 0 Å². The van der Waals surface area contributed by atoms with E-state index in [-0.39, 0.29) is 11.9 Å². The molecule has 2 aliphatic rings. The first kappa shape index (κ1) is 19.2. The first-order valence-corrected chi connectivity index (χ1v) is 10.7. The Kier molecular flexibility index (Phi) is 5.52. The number of para-hydroxylation sites is 1. The summed E-state index contributed by atoms with van der Waals surface area (Å²) >= 11 is 4.99. The molecular formula is C20H20BrN3O3S. The first-order valence-electron chi connectivity index (χ1n) is 9.03. The number of nitrogens with zero attached hydrogens (tertiary/aromatic N) is 2. The molecule has 1 atom stereocenters. The van der Waals surface area contributed by atoms with Gasteiger partial charge in [0.15, 0.2) is 0 Å². The van der Waals surface area contributed by atoms with Crippen LogP contribution in [0.2, 0.25) is 0 Å². The number of ether oxygens (including phenoxy) is 1. The number of urea groups is 1. The molecule has 0 unspecified atom stereocenters. The third kappa shape index (κ3) is 3.59. The van der Waals surface area contributed by atoms with Crippen LogP contribution in [0.15, 0.2) is 57.5 Å². The quantitative estimate of drug-likeness (QED) is 0.753. The average molecular weight is 462 g/mol. The number of halogens is 1. The molecule has 8 heteroatoms. The Hall–Kier alpha value is -2.16. The van der Waals surface area contributed by atoms with Gasteiger partial charge in [-0.2, -0.15) is 0 Å². The lowest BCUT2D eigenvalue weighted by Gasteiger charge is -2.37. The standard InChI is InChI=1S/C20H20BrN3O3S/c1-13-17(19(25)23-7-9-27-10-8-23)18(16-11-14(21)12-28-16)22-20(26)24(13)15-5-3-2-4-6-15/h2-6,11-12,18H,7-10H2,1H3,(H,22,26)/t18-/m0/s1. The average Bonchev–Trinajstić information content (AvgIpc) is 3.15. The molecule has 2 aromatic rings. The second-order valence-corrected chi connectivity index (χ2v) is 8.48. The van der Waals surface area contributed by atoms with E-state index in [1.165, 1.54) is 11.3 Å². The lowest BCUT2D eigenvalue weighted by Crippen LogP contribution is -2.51. The molecule has 0 spiro atoms. The summed E-state index contributed by atoms with van der Waals surface area (Å²) in [4.78, 5) is 30.7. The Balaban J connectivity index is 1.80. The van der Waals surface area contributed by atoms with Gasteiger partial charge in [0.05, 0.1) is 30.5 Å². The Labute approximate surface area is 175 Å². The van der Waals surface area contributed by atoms with Crippen LogP contribution in [0.5, 0.6) is 0 Å². The van der Waals surface area contributed by atoms with E-state index in [4.69, 9.17) is 4.74 Å². The van der Waals surface area contributed by atoms with Crippen LogP contribution in [0.25, 0.3) is 0 Å². The molecule has 1 aromatic carbocycles. The molecule has 4 rings (SSSR count). The highest BCUT2D eigenvalue weighted by Gasteiger charge is 2.38. The summed E-state index contributed by atoms with van der Waals surface area (Å²) in [7, 11) is 0. The summed E-state index contributed by atoms with van der Waals surface area (Å²) in [5.41, 5.74) is 1.98. The number of rotatable bonds is 3. The van der Waals surface area contributed by atoms with E-state index in [9.17, 15) is 9.59 Å². The van der Waals surface area contributed by atoms with Gasteiger partial charge in [-0.15, -0.1) is 11.3 Å². The zero-order valence-corrected chi connectivity index (χ0v) is 17.8. The van der Waals surface area contributed by atoms with E-state index >= 15 is 0 Å². The minimum Gasteiger partial charge on any atom is -0.378 e. The molecule has 0 aliphatic carbocycles. The molecule has 146 valence electrons. The number of carbonyl (C=O) groups is 2. The van der Waals surface area contributed by atoms with E-state index in [1.807, 2.05) is 48.7 Å². The van der Waals surface area contributed by atoms with Gasteiger partial charge < -0.3 is 15.0 Å². The molecule has 0 bridgehead atoms. The minimum absolute atomic E-state index is 0.0590. The van der Waals surface area contributed by atoms with Crippen molar-refractivity contribution >= 4 is 44.9 Å². The maximum Gasteiger partial charge on any atom is 0.327 e. The molecule has 0 saturated carbocycles. The lowest BCUT2D eigenvalue weighted by atomic mass is 9.98. The fourth-order valence-corrected chi connectivity index (χ4v) is 5.04. The molecule has 1 aromatic heterocycles. The van der Waals surface area contributed by atoms with E-state index in [2.05, 4.69) is 21.2 Å². The maximum atomic E-state index is 13.5. The lowest BCUT2D eigenvalue weighted by molar-refractivity contribution is -0.131. The SMILES string of the molecule is CC1=C(C(=O)N2CCOCC2)[C@H](c2cc(Br)cs2)NC(=O)N1c1ccccc1. The smallest absolute Gasteiger partial charge is 0.327 e. The van der Waals surface area contributed by atoms with Crippen molar-refractivity contribution in [3.63, 3.8) is 0 Å². The summed E-state index contributed by atoms with van der Waals surface area (Å²) in [5.74, 6) is -0.0590. The molecule has 28 heavy (non-hydrogen) atoms. The van der Waals surface area contributed by atoms with Crippen molar-refractivity contribution in [3.8, 4) is 0 Å². The van der Waals surface area contributed by atoms with Crippen molar-refractivity contribution < 1.29 is 14.3 Å². The van der Waals surface area contributed by atoms with Gasteiger partial charge in [-0.3, -0.25) is 9.69 Å². The van der Waals surface area contributed by atoms with Crippen LogP contribution in [-0.2, 0) is 9.53 Å². The first-order chi connectivity index (χ1) is 13.6. The van der Waals surface area contributed by atoms with E-state index < -0.39 is 6.04 Å². The number of allylic oxidation sites excluding steroid dienone is 1. The van der Waals surface area contributed by atoms with Gasteiger partial charge in [0.2, 0.25) is 0 Å². The topological polar surface area (TPSA) is 61.9 Å². The zero-order chi connectivity index (χ0) is 19.7. The number of hydrogen-bond donors (Lipinski definition) is 1. The van der Waals surface area contributed by atoms with Gasteiger partial charge in [0.25, 0.3) is 5.91 Å². The predicted octanol–water partition coefficient (Wildman–Crippen LogP) is 3.91. The van der Waals surface area contributed by atoms with Crippen molar-refractivity contribution in [2.45, 2.75) is 13.0 Å². The Morgan fingerprint density at radius 1 is 1.25 bits per heavy atom. The van der Waals surface area contributed by atoms with Gasteiger partial charge >= 0.3 is 6.03 Å². The summed E-state index contributed by atoms with van der Waals surface area (Å²) in [6.07, 6.45) is 0. The predicted molar refractivity (Wildman–Crippen MR) is 112 cm³/mol. The Morgan fingerprint density at radius 3 is 2.61 bits per heavy atom. The molecular weight excluding hydrogens is 442 g/mol. The van der Waals surface area contributed by atoms with Crippen molar-refractivity contribution in [2.75, 3.05) is 31.2 Å². The molecule has 3 heterocycles. The van der Waals surface area contributed by atoms with Crippen LogP contribution in [0.4, 0.5) is 10.5 Å². The fraction of sp³-hybridized carbons (Fsp3) is 0.300. The molecule has 2 aliphatic heterocycles. The highest BCUT2D eigenvalue weighted by atomic mass is 79.9. The van der Waals surface area contributed by atoms with E-state index in [0.29, 0.717) is 37.6 Å². The number of benzene rings is 1. The van der Waals surface area contributed by atoms with Crippen molar-refractivity contribution in [3.05, 3.63) is 62.4 Å². The van der Waals surface area contributed by atoms with Gasteiger partial charge in [-0.05, 0) is 41.1 Å². The minimum atomic E-state index is -0.473. The summed E-state index contributed by atoms with van der Waals surface area (Å²) in [5, 5.41) is 4.99. The highest BCUT2D eigenvalue weighted by Crippen LogP contribution is 2.37. The molecule has 3 amide bonds. The van der Waals surface area contributed by atoms with Crippen LogP contribution in [-0.4, -0.2) is 43.1 Å². The summed E-state index contributed by atoms with van der Waals surface area (Å²) in [6.45, 7) is 4.00. The number of hydrogen-bond acceptors (Lipinski definition) is 4. The number of morpholine rings is 1. The normalized spacial score (nSPS) is 20.4. The van der Waals surface area contributed by atoms with E-state index in [0.717, 1.165) is 15.0 Å². The third-order valence-corrected chi connectivity index (χ3v) is 6.66. The second kappa shape index (κ2) is 8.06. The highest BCUT2D eigenvalue weighted by molar-refractivity contribution is 9.10. The maximum absolute atomic E-state index is 13.5. The number of carbonyl (C=O) groups excluding carboxylic acids is 2. The van der Waals surface area contributed by atoms with Crippen LogP contribution >= 0.6 is 27.3 Å². The number of thiophene rings is 1. The van der Waals surface area contributed by atoms with Crippen LogP contribution in [0.1, 0.15) is 17.8 Å². The third-order valence-electron chi connectivity index (χ3n) is 4.90. The van der Waals surface area contributed by atoms with Crippen LogP contribution in [0, 0.1) is 0 Å². The van der Waals surface area contributed by atoms with E-state index in [1.54, 1.807) is 9.80 Å². The number of amides is 3. The van der Waals surface area contributed by atoms with Crippen LogP contribution in [0.3, 0.4) is 0 Å². The van der Waals surface area contributed by atoms with Crippen LogP contribution < -0.4 is 10.2 Å². The number of nitrogens with one attached hydrogen (secondary N) is 1. The Morgan fingerprint density at radius 2 is 1.96 bits per heavy atom. The van der Waals surface area contributed by atoms with Crippen molar-refractivity contribution in [1.82, 2.24) is 10.2 Å². The monoisotopic (exact) mass is 461 g/mol. The Bertz CT molecular complexity index is 922. The van der Waals surface area contributed by atoms with Gasteiger partial charge in [0, 0.05) is 33.5 Å². The van der Waals surface area contributed by atoms with Gasteiger partial charge in [0.1, 0.15) is 0 Å². The fourth-order valence-electron chi connectivity index (χ4n) is 3.54. The molecule has 1 fully saturated rings. The molecule has 0 radical (unpaired) electrons. The summed E-state index contributed by atoms with van der Waals surface area (Å²) < 4.78 is 6.33.